The lowest BCUT2D eigenvalue weighted by atomic mass is 9.90. The Morgan fingerprint density at radius 1 is 1.36 bits per heavy atom. The number of halogens is 5. The number of ether oxygens (including phenoxy) is 1. The van der Waals surface area contributed by atoms with E-state index in [0.29, 0.717) is 0 Å². The summed E-state index contributed by atoms with van der Waals surface area (Å²) in [7, 11) is 0. The maximum absolute atomic E-state index is 13.0. The highest BCUT2D eigenvalue weighted by atomic mass is 19.4. The summed E-state index contributed by atoms with van der Waals surface area (Å²) in [5, 5.41) is 8.81. The fourth-order valence-electron chi connectivity index (χ4n) is 1.27. The Hall–Kier alpha value is -0.430. The van der Waals surface area contributed by atoms with Crippen LogP contribution in [0.25, 0.3) is 0 Å². The average molecular weight is 220 g/mol. The third-order valence-corrected chi connectivity index (χ3v) is 2.32. The molecule has 14 heavy (non-hydrogen) atoms. The molecule has 0 aromatic carbocycles. The van der Waals surface area contributed by atoms with Crippen molar-refractivity contribution in [2.45, 2.75) is 31.2 Å². The first-order valence-corrected chi connectivity index (χ1v) is 3.94. The summed E-state index contributed by atoms with van der Waals surface area (Å²) in [5.74, 6) is -10.2. The van der Waals surface area contributed by atoms with Crippen LogP contribution in [0.15, 0.2) is 0 Å². The van der Waals surface area contributed by atoms with Crippen molar-refractivity contribution >= 4 is 0 Å². The molecule has 1 N–H and O–H groups in total. The molecule has 7 heteroatoms. The first-order valence-electron chi connectivity index (χ1n) is 3.94. The van der Waals surface area contributed by atoms with Crippen LogP contribution < -0.4 is 0 Å². The third kappa shape index (κ3) is 1.38. The van der Waals surface area contributed by atoms with Crippen molar-refractivity contribution in [2.75, 3.05) is 6.61 Å². The number of hydrogen-bond acceptors (Lipinski definition) is 2. The van der Waals surface area contributed by atoms with Crippen LogP contribution in [0.1, 0.15) is 13.3 Å². The van der Waals surface area contributed by atoms with Crippen molar-refractivity contribution in [2.24, 2.45) is 5.92 Å². The van der Waals surface area contributed by atoms with E-state index in [-0.39, 0.29) is 6.42 Å². The molecule has 2 atom stereocenters. The van der Waals surface area contributed by atoms with Crippen molar-refractivity contribution in [1.82, 2.24) is 0 Å². The quantitative estimate of drug-likeness (QED) is 0.632. The molecule has 0 radical (unpaired) electrons. The van der Waals surface area contributed by atoms with Crippen molar-refractivity contribution in [1.29, 1.82) is 0 Å². The molecular formula is C7H9F5O2. The van der Waals surface area contributed by atoms with E-state index in [2.05, 4.69) is 4.74 Å². The third-order valence-electron chi connectivity index (χ3n) is 2.32. The van der Waals surface area contributed by atoms with Crippen LogP contribution in [0.5, 0.6) is 0 Å². The van der Waals surface area contributed by atoms with Gasteiger partial charge in [-0.3, -0.25) is 0 Å². The minimum absolute atomic E-state index is 0.217. The van der Waals surface area contributed by atoms with Gasteiger partial charge in [0.05, 0.1) is 6.61 Å². The van der Waals surface area contributed by atoms with Gasteiger partial charge in [-0.25, -0.2) is 0 Å². The lowest BCUT2D eigenvalue weighted by molar-refractivity contribution is -0.451. The number of hydrogen-bond donors (Lipinski definition) is 1. The second kappa shape index (κ2) is 3.03. The van der Waals surface area contributed by atoms with E-state index in [1.165, 1.54) is 0 Å². The summed E-state index contributed by atoms with van der Waals surface area (Å²) in [5.41, 5.74) is 0. The average Bonchev–Trinajstić information content (AvgIpc) is 1.98. The number of rotatable bonds is 0. The van der Waals surface area contributed by atoms with Gasteiger partial charge in [-0.15, -0.1) is 0 Å². The predicted molar refractivity (Wildman–Crippen MR) is 35.7 cm³/mol. The van der Waals surface area contributed by atoms with E-state index >= 15 is 0 Å². The highest BCUT2D eigenvalue weighted by Gasteiger charge is 2.73. The molecule has 0 aliphatic carbocycles. The zero-order valence-electron chi connectivity index (χ0n) is 7.24. The molecule has 1 heterocycles. The van der Waals surface area contributed by atoms with Gasteiger partial charge in [0.1, 0.15) is 0 Å². The molecule has 0 aromatic rings. The molecule has 0 bridgehead atoms. The van der Waals surface area contributed by atoms with Gasteiger partial charge in [0.15, 0.2) is 0 Å². The summed E-state index contributed by atoms with van der Waals surface area (Å²) < 4.78 is 66.3. The molecule has 0 saturated carbocycles. The van der Waals surface area contributed by atoms with Gasteiger partial charge in [0.25, 0.3) is 0 Å². The smallest absolute Gasteiger partial charge is 0.354 e. The molecule has 84 valence electrons. The lowest BCUT2D eigenvalue weighted by Crippen LogP contribution is -2.65. The Morgan fingerprint density at radius 2 is 1.86 bits per heavy atom. The van der Waals surface area contributed by atoms with Gasteiger partial charge < -0.3 is 9.84 Å². The first kappa shape index (κ1) is 11.6. The largest absolute Gasteiger partial charge is 0.449 e. The Balaban J connectivity index is 3.07. The van der Waals surface area contributed by atoms with Gasteiger partial charge in [0.2, 0.25) is 0 Å². The molecule has 0 aromatic heterocycles. The van der Waals surface area contributed by atoms with Crippen LogP contribution in [0.4, 0.5) is 22.0 Å². The highest BCUT2D eigenvalue weighted by Crippen LogP contribution is 2.49. The second-order valence-electron chi connectivity index (χ2n) is 3.30. The van der Waals surface area contributed by atoms with Crippen LogP contribution >= 0.6 is 0 Å². The van der Waals surface area contributed by atoms with Crippen LogP contribution in [-0.2, 0) is 4.74 Å². The van der Waals surface area contributed by atoms with Crippen molar-refractivity contribution < 1.29 is 31.8 Å². The molecule has 2 unspecified atom stereocenters. The van der Waals surface area contributed by atoms with Gasteiger partial charge in [-0.05, 0) is 6.42 Å². The fraction of sp³-hybridized carbons (Fsp3) is 1.00. The van der Waals surface area contributed by atoms with E-state index in [1.54, 1.807) is 0 Å². The zero-order valence-corrected chi connectivity index (χ0v) is 7.24. The zero-order chi connectivity index (χ0) is 11.2. The van der Waals surface area contributed by atoms with Crippen molar-refractivity contribution in [3.63, 3.8) is 0 Å². The SMILES string of the molecule is CC1CCOC(O)(C(F)(F)F)C1(F)F. The topological polar surface area (TPSA) is 29.5 Å². The maximum atomic E-state index is 13.0. The summed E-state index contributed by atoms with van der Waals surface area (Å²) >= 11 is 0. The molecule has 0 amide bonds. The molecule has 1 saturated heterocycles. The molecular weight excluding hydrogens is 211 g/mol. The summed E-state index contributed by atoms with van der Waals surface area (Å²) in [6, 6.07) is 0. The summed E-state index contributed by atoms with van der Waals surface area (Å²) in [6.07, 6.45) is -5.71. The minimum Gasteiger partial charge on any atom is -0.354 e. The summed E-state index contributed by atoms with van der Waals surface area (Å²) in [4.78, 5) is 0. The standard InChI is InChI=1S/C7H9F5O2/c1-4-2-3-14-6(13,5(4,8)9)7(10,11)12/h4,13H,2-3H2,1H3. The van der Waals surface area contributed by atoms with Gasteiger partial charge >= 0.3 is 17.9 Å². The van der Waals surface area contributed by atoms with Crippen molar-refractivity contribution in [3.8, 4) is 0 Å². The minimum atomic E-state index is -5.49. The van der Waals surface area contributed by atoms with Crippen LogP contribution in [0, 0.1) is 5.92 Å². The van der Waals surface area contributed by atoms with E-state index in [1.807, 2.05) is 0 Å². The number of alkyl halides is 5. The molecule has 1 rings (SSSR count). The monoisotopic (exact) mass is 220 g/mol. The second-order valence-corrected chi connectivity index (χ2v) is 3.30. The Bertz CT molecular complexity index is 227. The van der Waals surface area contributed by atoms with Gasteiger partial charge in [-0.1, -0.05) is 6.92 Å². The maximum Gasteiger partial charge on any atom is 0.449 e. The van der Waals surface area contributed by atoms with E-state index in [4.69, 9.17) is 5.11 Å². The molecule has 1 fully saturated rings. The van der Waals surface area contributed by atoms with Crippen LogP contribution in [-0.4, -0.2) is 29.6 Å². The lowest BCUT2D eigenvalue weighted by Gasteiger charge is -2.43. The first-order chi connectivity index (χ1) is 6.13. The number of aliphatic hydroxyl groups is 1. The molecule has 1 aliphatic heterocycles. The van der Waals surface area contributed by atoms with Crippen LogP contribution in [0.2, 0.25) is 0 Å². The summed E-state index contributed by atoms with van der Waals surface area (Å²) in [6.45, 7) is 0.409. The van der Waals surface area contributed by atoms with E-state index < -0.39 is 30.4 Å². The molecule has 0 spiro atoms. The van der Waals surface area contributed by atoms with Gasteiger partial charge in [0, 0.05) is 5.92 Å². The fourth-order valence-corrected chi connectivity index (χ4v) is 1.27. The van der Waals surface area contributed by atoms with Crippen LogP contribution in [0.3, 0.4) is 0 Å². The van der Waals surface area contributed by atoms with E-state index in [0.717, 1.165) is 6.92 Å². The van der Waals surface area contributed by atoms with Gasteiger partial charge in [-0.2, -0.15) is 22.0 Å². The predicted octanol–water partition coefficient (Wildman–Crippen LogP) is 1.93. The molecule has 1 aliphatic rings. The Kier molecular flexibility index (Phi) is 2.52. The molecule has 2 nitrogen and oxygen atoms in total. The van der Waals surface area contributed by atoms with Crippen molar-refractivity contribution in [3.05, 3.63) is 0 Å². The normalized spacial score (nSPS) is 38.4. The Morgan fingerprint density at radius 3 is 2.21 bits per heavy atom. The van der Waals surface area contributed by atoms with E-state index in [9.17, 15) is 22.0 Å². The Labute approximate surface area is 76.7 Å². The highest BCUT2D eigenvalue weighted by molar-refractivity contribution is 4.97.